The topological polar surface area (TPSA) is 50.9 Å². The molecule has 0 aliphatic heterocycles. The van der Waals surface area contributed by atoms with Crippen molar-refractivity contribution in [3.63, 3.8) is 0 Å². The number of benzene rings is 1. The molecule has 0 aliphatic rings. The number of nitrogens with two attached hydrogens (primary N) is 1. The molecule has 1 heterocycles. The van der Waals surface area contributed by atoms with Crippen molar-refractivity contribution in [2.45, 2.75) is 0 Å². The number of pyridine rings is 1. The van der Waals surface area contributed by atoms with E-state index in [9.17, 15) is 13.2 Å². The van der Waals surface area contributed by atoms with E-state index in [1.54, 1.807) is 0 Å². The van der Waals surface area contributed by atoms with E-state index < -0.39 is 17.5 Å². The quantitative estimate of drug-likeness (QED) is 0.832. The lowest BCUT2D eigenvalue weighted by atomic mass is 10.2. The molecule has 1 aromatic heterocycles. The highest BCUT2D eigenvalue weighted by Gasteiger charge is 2.15. The summed E-state index contributed by atoms with van der Waals surface area (Å²) >= 11 is 3.17. The standard InChI is InChI=1S/C11H7BrF3N3/c12-5-3-17-4-7(16)11(5)18-8-2-1-6(13)9(14)10(8)15/h1-4H,16H2,(H,17,18). The van der Waals surface area contributed by atoms with Crippen molar-refractivity contribution in [1.29, 1.82) is 0 Å². The fourth-order valence-corrected chi connectivity index (χ4v) is 1.79. The Morgan fingerprint density at radius 1 is 1.11 bits per heavy atom. The molecule has 0 atom stereocenters. The maximum atomic E-state index is 13.5. The molecule has 0 spiro atoms. The van der Waals surface area contributed by atoms with Gasteiger partial charge in [0.05, 0.1) is 27.7 Å². The van der Waals surface area contributed by atoms with Gasteiger partial charge in [-0.3, -0.25) is 4.98 Å². The predicted octanol–water partition coefficient (Wildman–Crippen LogP) is 3.59. The molecular formula is C11H7BrF3N3. The van der Waals surface area contributed by atoms with E-state index in [0.29, 0.717) is 10.2 Å². The van der Waals surface area contributed by atoms with Crippen molar-refractivity contribution >= 4 is 33.0 Å². The first-order valence-electron chi connectivity index (χ1n) is 4.80. The van der Waals surface area contributed by atoms with Crippen LogP contribution in [0.1, 0.15) is 0 Å². The van der Waals surface area contributed by atoms with Crippen molar-refractivity contribution in [3.05, 3.63) is 46.5 Å². The summed E-state index contributed by atoms with van der Waals surface area (Å²) in [7, 11) is 0. The second-order valence-corrected chi connectivity index (χ2v) is 4.29. The van der Waals surface area contributed by atoms with E-state index >= 15 is 0 Å². The fraction of sp³-hybridized carbons (Fsp3) is 0. The van der Waals surface area contributed by atoms with Gasteiger partial charge in [0.2, 0.25) is 0 Å². The lowest BCUT2D eigenvalue weighted by Gasteiger charge is -2.11. The summed E-state index contributed by atoms with van der Waals surface area (Å²) in [6.07, 6.45) is 2.79. The number of halogens is 4. The van der Waals surface area contributed by atoms with Crippen LogP contribution in [0.3, 0.4) is 0 Å². The van der Waals surface area contributed by atoms with Gasteiger partial charge in [-0.1, -0.05) is 0 Å². The van der Waals surface area contributed by atoms with Crippen molar-refractivity contribution < 1.29 is 13.2 Å². The largest absolute Gasteiger partial charge is 0.396 e. The normalized spacial score (nSPS) is 10.4. The fourth-order valence-electron chi connectivity index (χ4n) is 1.34. The third-order valence-electron chi connectivity index (χ3n) is 2.22. The lowest BCUT2D eigenvalue weighted by molar-refractivity contribution is 0.449. The zero-order valence-corrected chi connectivity index (χ0v) is 10.4. The van der Waals surface area contributed by atoms with Crippen molar-refractivity contribution in [1.82, 2.24) is 4.98 Å². The SMILES string of the molecule is Nc1cncc(Br)c1Nc1ccc(F)c(F)c1F. The molecule has 0 saturated carbocycles. The maximum Gasteiger partial charge on any atom is 0.196 e. The highest BCUT2D eigenvalue weighted by atomic mass is 79.9. The molecule has 18 heavy (non-hydrogen) atoms. The van der Waals surface area contributed by atoms with Crippen molar-refractivity contribution in [2.24, 2.45) is 0 Å². The van der Waals surface area contributed by atoms with Crippen LogP contribution in [0.15, 0.2) is 29.0 Å². The molecular weight excluding hydrogens is 311 g/mol. The average molecular weight is 318 g/mol. The number of nitrogens with zero attached hydrogens (tertiary/aromatic N) is 1. The predicted molar refractivity (Wildman–Crippen MR) is 65.9 cm³/mol. The molecule has 0 amide bonds. The molecule has 7 heteroatoms. The molecule has 0 unspecified atom stereocenters. The van der Waals surface area contributed by atoms with Gasteiger partial charge in [-0.2, -0.15) is 0 Å². The molecule has 0 radical (unpaired) electrons. The van der Waals surface area contributed by atoms with Gasteiger partial charge >= 0.3 is 0 Å². The Morgan fingerprint density at radius 3 is 2.50 bits per heavy atom. The van der Waals surface area contributed by atoms with Crippen LogP contribution in [0.5, 0.6) is 0 Å². The number of aromatic nitrogens is 1. The summed E-state index contributed by atoms with van der Waals surface area (Å²) in [6, 6.07) is 1.91. The Bertz CT molecular complexity index is 584. The molecule has 0 bridgehead atoms. The van der Waals surface area contributed by atoms with Gasteiger partial charge in [0.1, 0.15) is 0 Å². The molecule has 2 rings (SSSR count). The Hall–Kier alpha value is -1.76. The monoisotopic (exact) mass is 317 g/mol. The zero-order chi connectivity index (χ0) is 13.3. The van der Waals surface area contributed by atoms with E-state index in [1.807, 2.05) is 0 Å². The molecule has 1 aromatic carbocycles. The first kappa shape index (κ1) is 12.7. The number of hydrogen-bond acceptors (Lipinski definition) is 3. The van der Waals surface area contributed by atoms with Crippen LogP contribution in [0.25, 0.3) is 0 Å². The van der Waals surface area contributed by atoms with Gasteiger partial charge in [-0.15, -0.1) is 0 Å². The molecule has 0 aliphatic carbocycles. The van der Waals surface area contributed by atoms with Crippen LogP contribution in [-0.4, -0.2) is 4.98 Å². The first-order chi connectivity index (χ1) is 8.50. The van der Waals surface area contributed by atoms with Crippen LogP contribution in [0, 0.1) is 17.5 Å². The summed E-state index contributed by atoms with van der Waals surface area (Å²) in [4.78, 5) is 3.80. The Morgan fingerprint density at radius 2 is 1.83 bits per heavy atom. The van der Waals surface area contributed by atoms with Crippen LogP contribution < -0.4 is 11.1 Å². The Kier molecular flexibility index (Phi) is 3.42. The summed E-state index contributed by atoms with van der Waals surface area (Å²) in [5.41, 5.74) is 6.00. The number of hydrogen-bond donors (Lipinski definition) is 2. The van der Waals surface area contributed by atoms with Crippen LogP contribution in [-0.2, 0) is 0 Å². The smallest absolute Gasteiger partial charge is 0.196 e. The van der Waals surface area contributed by atoms with E-state index in [2.05, 4.69) is 26.2 Å². The maximum absolute atomic E-state index is 13.5. The second kappa shape index (κ2) is 4.85. The summed E-state index contributed by atoms with van der Waals surface area (Å²) in [5, 5.41) is 2.58. The van der Waals surface area contributed by atoms with Gasteiger partial charge in [-0.05, 0) is 28.1 Å². The number of nitrogen functional groups attached to an aromatic ring is 1. The third kappa shape index (κ3) is 2.26. The van der Waals surface area contributed by atoms with Gasteiger partial charge < -0.3 is 11.1 Å². The number of anilines is 3. The van der Waals surface area contributed by atoms with Crippen LogP contribution >= 0.6 is 15.9 Å². The molecule has 94 valence electrons. The average Bonchev–Trinajstić information content (AvgIpc) is 2.34. The van der Waals surface area contributed by atoms with E-state index in [4.69, 9.17) is 5.73 Å². The minimum atomic E-state index is -1.54. The van der Waals surface area contributed by atoms with Gasteiger partial charge in [-0.25, -0.2) is 13.2 Å². The molecule has 3 N–H and O–H groups in total. The second-order valence-electron chi connectivity index (χ2n) is 3.43. The number of rotatable bonds is 2. The van der Waals surface area contributed by atoms with Gasteiger partial charge in [0.25, 0.3) is 0 Å². The van der Waals surface area contributed by atoms with Gasteiger partial charge in [0.15, 0.2) is 17.5 Å². The highest BCUT2D eigenvalue weighted by molar-refractivity contribution is 9.10. The molecule has 0 saturated heterocycles. The summed E-state index contributed by atoms with van der Waals surface area (Å²) in [5.74, 6) is -4.10. The van der Waals surface area contributed by atoms with Crippen molar-refractivity contribution in [3.8, 4) is 0 Å². The van der Waals surface area contributed by atoms with E-state index in [-0.39, 0.29) is 11.4 Å². The molecule has 0 fully saturated rings. The van der Waals surface area contributed by atoms with Crippen LogP contribution in [0.4, 0.5) is 30.2 Å². The Balaban J connectivity index is 2.44. The van der Waals surface area contributed by atoms with Crippen LogP contribution in [0.2, 0.25) is 0 Å². The highest BCUT2D eigenvalue weighted by Crippen LogP contribution is 2.32. The van der Waals surface area contributed by atoms with Crippen molar-refractivity contribution in [2.75, 3.05) is 11.1 Å². The van der Waals surface area contributed by atoms with Gasteiger partial charge in [0, 0.05) is 6.20 Å². The minimum absolute atomic E-state index is 0.215. The van der Waals surface area contributed by atoms with E-state index in [1.165, 1.54) is 12.4 Å². The Labute approximate surface area is 109 Å². The summed E-state index contributed by atoms with van der Waals surface area (Å²) in [6.45, 7) is 0. The first-order valence-corrected chi connectivity index (χ1v) is 5.59. The third-order valence-corrected chi connectivity index (χ3v) is 2.83. The summed E-state index contributed by atoms with van der Waals surface area (Å²) < 4.78 is 39.8. The minimum Gasteiger partial charge on any atom is -0.396 e. The van der Waals surface area contributed by atoms with E-state index in [0.717, 1.165) is 12.1 Å². The zero-order valence-electron chi connectivity index (χ0n) is 8.85. The number of nitrogens with one attached hydrogen (secondary N) is 1. The molecule has 3 nitrogen and oxygen atoms in total. The molecule has 2 aromatic rings. The lowest BCUT2D eigenvalue weighted by Crippen LogP contribution is -2.02.